The third-order valence-corrected chi connectivity index (χ3v) is 5.85. The zero-order valence-electron chi connectivity index (χ0n) is 17.7. The molecule has 1 N–H and O–H groups in total. The predicted molar refractivity (Wildman–Crippen MR) is 117 cm³/mol. The van der Waals surface area contributed by atoms with E-state index < -0.39 is 17.7 Å². The molecule has 1 aliphatic rings. The summed E-state index contributed by atoms with van der Waals surface area (Å²) in [7, 11) is 1.54. The van der Waals surface area contributed by atoms with Crippen molar-refractivity contribution in [3.8, 4) is 5.75 Å². The predicted octanol–water partition coefficient (Wildman–Crippen LogP) is 4.16. The molecule has 1 amide bonds. The van der Waals surface area contributed by atoms with Crippen molar-refractivity contribution in [2.24, 2.45) is 5.92 Å². The number of Topliss-reactive ketones (excluding diaryl/α,β-unsaturated/α-hetero) is 1. The Balaban J connectivity index is 2.03. The van der Waals surface area contributed by atoms with E-state index in [0.717, 1.165) is 10.4 Å². The molecule has 1 atom stereocenters. The van der Waals surface area contributed by atoms with Crippen molar-refractivity contribution < 1.29 is 24.2 Å². The van der Waals surface area contributed by atoms with Gasteiger partial charge < -0.3 is 19.5 Å². The number of amides is 1. The van der Waals surface area contributed by atoms with Gasteiger partial charge in [-0.25, -0.2) is 0 Å². The molecule has 6 nitrogen and oxygen atoms in total. The molecule has 2 aromatic rings. The number of hydrogen-bond donors (Lipinski definition) is 1. The number of thiophene rings is 1. The van der Waals surface area contributed by atoms with Crippen molar-refractivity contribution in [3.05, 3.63) is 57.3 Å². The molecule has 1 saturated heterocycles. The Morgan fingerprint density at radius 1 is 1.27 bits per heavy atom. The van der Waals surface area contributed by atoms with Crippen LogP contribution in [0.15, 0.2) is 41.3 Å². The molecule has 7 heteroatoms. The van der Waals surface area contributed by atoms with Gasteiger partial charge in [0.15, 0.2) is 0 Å². The summed E-state index contributed by atoms with van der Waals surface area (Å²) in [4.78, 5) is 27.9. The Bertz CT molecular complexity index is 949. The summed E-state index contributed by atoms with van der Waals surface area (Å²) >= 11 is 1.44. The van der Waals surface area contributed by atoms with Crippen LogP contribution in [0.5, 0.6) is 5.75 Å². The number of benzene rings is 1. The largest absolute Gasteiger partial charge is 0.507 e. The first-order valence-corrected chi connectivity index (χ1v) is 10.8. The number of aliphatic hydroxyl groups excluding tert-OH is 1. The lowest BCUT2D eigenvalue weighted by atomic mass is 9.97. The van der Waals surface area contributed by atoms with E-state index in [-0.39, 0.29) is 17.9 Å². The highest BCUT2D eigenvalue weighted by Crippen LogP contribution is 2.41. The highest BCUT2D eigenvalue weighted by Gasteiger charge is 2.46. The summed E-state index contributed by atoms with van der Waals surface area (Å²) < 4.78 is 10.9. The number of carbonyl (C=O) groups excluding carboxylic acids is 2. The molecule has 1 fully saturated rings. The summed E-state index contributed by atoms with van der Waals surface area (Å²) in [5, 5.41) is 13.0. The van der Waals surface area contributed by atoms with Gasteiger partial charge in [0, 0.05) is 24.1 Å². The minimum absolute atomic E-state index is 0.109. The fraction of sp³-hybridized carbons (Fsp3) is 0.391. The zero-order valence-corrected chi connectivity index (χ0v) is 18.5. The average molecular weight is 430 g/mol. The van der Waals surface area contributed by atoms with E-state index in [0.29, 0.717) is 30.4 Å². The molecule has 0 saturated carbocycles. The maximum absolute atomic E-state index is 12.9. The van der Waals surface area contributed by atoms with E-state index in [2.05, 4.69) is 13.8 Å². The molecule has 0 aliphatic carbocycles. The monoisotopic (exact) mass is 429 g/mol. The molecule has 30 heavy (non-hydrogen) atoms. The van der Waals surface area contributed by atoms with Gasteiger partial charge in [-0.3, -0.25) is 9.59 Å². The standard InChI is InChI=1S/C23H27NO5S/c1-14(2)13-29-16-7-8-17(15(3)12-16)21(25)19-20(18-6-5-11-30-18)24(9-10-28-4)23(27)22(19)26/h5-8,11-12,14,20,25H,9-10,13H2,1-4H3/t20-/m0/s1. The SMILES string of the molecule is COCCN1C(=O)C(=O)C(=C(O)c2ccc(OCC(C)C)cc2C)[C@@H]1c1cccs1. The number of aliphatic hydroxyl groups is 1. The van der Waals surface area contributed by atoms with Crippen LogP contribution in [0.4, 0.5) is 0 Å². The van der Waals surface area contributed by atoms with E-state index in [9.17, 15) is 14.7 Å². The first kappa shape index (κ1) is 22.1. The Morgan fingerprint density at radius 2 is 2.03 bits per heavy atom. The summed E-state index contributed by atoms with van der Waals surface area (Å²) in [6.45, 7) is 7.14. The molecule has 2 heterocycles. The molecule has 0 radical (unpaired) electrons. The lowest BCUT2D eigenvalue weighted by Crippen LogP contribution is -2.32. The summed E-state index contributed by atoms with van der Waals surface area (Å²) in [6, 6.07) is 8.43. The quantitative estimate of drug-likeness (QED) is 0.387. The van der Waals surface area contributed by atoms with Crippen LogP contribution in [-0.2, 0) is 14.3 Å². The molecule has 1 aliphatic heterocycles. The smallest absolute Gasteiger partial charge is 0.295 e. The van der Waals surface area contributed by atoms with E-state index in [1.54, 1.807) is 19.2 Å². The third-order valence-electron chi connectivity index (χ3n) is 4.93. The zero-order chi connectivity index (χ0) is 21.8. The molecule has 3 rings (SSSR count). The van der Waals surface area contributed by atoms with Gasteiger partial charge in [-0.15, -0.1) is 11.3 Å². The molecule has 0 bridgehead atoms. The van der Waals surface area contributed by atoms with Gasteiger partial charge in [-0.2, -0.15) is 0 Å². The Labute approximate surface area is 180 Å². The van der Waals surface area contributed by atoms with E-state index in [1.165, 1.54) is 16.2 Å². The van der Waals surface area contributed by atoms with Crippen LogP contribution in [0.2, 0.25) is 0 Å². The number of methoxy groups -OCH3 is 1. The second kappa shape index (κ2) is 9.45. The third kappa shape index (κ3) is 4.42. The molecule has 1 aromatic carbocycles. The lowest BCUT2D eigenvalue weighted by Gasteiger charge is -2.23. The first-order valence-electron chi connectivity index (χ1n) is 9.89. The Morgan fingerprint density at radius 3 is 2.63 bits per heavy atom. The van der Waals surface area contributed by atoms with Crippen molar-refractivity contribution in [2.45, 2.75) is 26.8 Å². The van der Waals surface area contributed by atoms with Crippen LogP contribution in [0.3, 0.4) is 0 Å². The first-order chi connectivity index (χ1) is 14.3. The number of ketones is 1. The molecular formula is C23H27NO5S. The summed E-state index contributed by atoms with van der Waals surface area (Å²) in [5.74, 6) is -0.372. The number of rotatable bonds is 8. The second-order valence-electron chi connectivity index (χ2n) is 7.68. The van der Waals surface area contributed by atoms with E-state index in [4.69, 9.17) is 9.47 Å². The van der Waals surface area contributed by atoms with Crippen molar-refractivity contribution in [1.29, 1.82) is 0 Å². The number of nitrogens with zero attached hydrogens (tertiary/aromatic N) is 1. The Hall–Kier alpha value is -2.64. The number of aryl methyl sites for hydroxylation is 1. The summed E-state index contributed by atoms with van der Waals surface area (Å²) in [5.41, 5.74) is 1.39. The van der Waals surface area contributed by atoms with Crippen molar-refractivity contribution in [2.75, 3.05) is 26.9 Å². The number of hydrogen-bond acceptors (Lipinski definition) is 6. The van der Waals surface area contributed by atoms with E-state index in [1.807, 2.05) is 30.5 Å². The molecular weight excluding hydrogens is 402 g/mol. The van der Waals surface area contributed by atoms with Crippen LogP contribution in [0.1, 0.15) is 35.9 Å². The van der Waals surface area contributed by atoms with Crippen LogP contribution >= 0.6 is 11.3 Å². The highest BCUT2D eigenvalue weighted by atomic mass is 32.1. The Kier molecular flexibility index (Phi) is 6.95. The van der Waals surface area contributed by atoms with Crippen LogP contribution in [-0.4, -0.2) is 48.6 Å². The second-order valence-corrected chi connectivity index (χ2v) is 8.66. The minimum Gasteiger partial charge on any atom is -0.507 e. The van der Waals surface area contributed by atoms with Crippen LogP contribution in [0, 0.1) is 12.8 Å². The minimum atomic E-state index is -0.679. The van der Waals surface area contributed by atoms with Gasteiger partial charge in [-0.05, 0) is 48.1 Å². The van der Waals surface area contributed by atoms with E-state index >= 15 is 0 Å². The van der Waals surface area contributed by atoms with Gasteiger partial charge >= 0.3 is 0 Å². The van der Waals surface area contributed by atoms with Crippen LogP contribution < -0.4 is 4.74 Å². The molecule has 0 unspecified atom stereocenters. The number of ether oxygens (including phenoxy) is 2. The fourth-order valence-electron chi connectivity index (χ4n) is 3.44. The van der Waals surface area contributed by atoms with Crippen LogP contribution in [0.25, 0.3) is 5.76 Å². The highest BCUT2D eigenvalue weighted by molar-refractivity contribution is 7.10. The van der Waals surface area contributed by atoms with Gasteiger partial charge in [0.05, 0.1) is 24.8 Å². The average Bonchev–Trinajstić information content (AvgIpc) is 3.32. The van der Waals surface area contributed by atoms with Gasteiger partial charge in [-0.1, -0.05) is 19.9 Å². The molecule has 160 valence electrons. The summed E-state index contributed by atoms with van der Waals surface area (Å²) in [6.07, 6.45) is 0. The van der Waals surface area contributed by atoms with Crippen molar-refractivity contribution in [1.82, 2.24) is 4.90 Å². The van der Waals surface area contributed by atoms with Gasteiger partial charge in [0.25, 0.3) is 11.7 Å². The molecule has 0 spiro atoms. The molecule has 1 aromatic heterocycles. The lowest BCUT2D eigenvalue weighted by molar-refractivity contribution is -0.140. The topological polar surface area (TPSA) is 76.1 Å². The van der Waals surface area contributed by atoms with Crippen molar-refractivity contribution in [3.63, 3.8) is 0 Å². The number of likely N-dealkylation sites (tertiary alicyclic amines) is 1. The normalized spacial score (nSPS) is 18.4. The van der Waals surface area contributed by atoms with Crippen molar-refractivity contribution >= 4 is 28.8 Å². The fourth-order valence-corrected chi connectivity index (χ4v) is 4.29. The maximum atomic E-state index is 12.9. The van der Waals surface area contributed by atoms with Gasteiger partial charge in [0.1, 0.15) is 11.5 Å². The maximum Gasteiger partial charge on any atom is 0.295 e. The number of carbonyl (C=O) groups is 2. The van der Waals surface area contributed by atoms with Gasteiger partial charge in [0.2, 0.25) is 0 Å².